The molecule has 162 valence electrons. The summed E-state index contributed by atoms with van der Waals surface area (Å²) in [5.41, 5.74) is -4.15. The van der Waals surface area contributed by atoms with E-state index in [1.165, 1.54) is 0 Å². The van der Waals surface area contributed by atoms with Gasteiger partial charge in [-0.2, -0.15) is 13.2 Å². The van der Waals surface area contributed by atoms with Crippen LogP contribution in [0.1, 0.15) is 11.9 Å². The first kappa shape index (κ1) is 20.6. The lowest BCUT2D eigenvalue weighted by molar-refractivity contribution is -0.192. The number of alkyl halides is 3. The molecule has 2 N–H and O–H groups in total. The van der Waals surface area contributed by atoms with E-state index in [1.54, 1.807) is 18.2 Å². The van der Waals surface area contributed by atoms with Crippen LogP contribution in [0, 0.1) is 0 Å². The van der Waals surface area contributed by atoms with Gasteiger partial charge in [0.15, 0.2) is 29.5 Å². The molecule has 1 saturated heterocycles. The topological polar surface area (TPSA) is 107 Å². The Labute approximate surface area is 171 Å². The second-order valence-corrected chi connectivity index (χ2v) is 6.99. The summed E-state index contributed by atoms with van der Waals surface area (Å²) in [6, 6.07) is 5.27. The molecule has 30 heavy (non-hydrogen) atoms. The minimum atomic E-state index is -4.96. The molecule has 1 fully saturated rings. The predicted molar refractivity (Wildman–Crippen MR) is 96.2 cm³/mol. The van der Waals surface area contributed by atoms with E-state index in [0.717, 1.165) is 0 Å². The number of aromatic nitrogens is 2. The lowest BCUT2D eigenvalue weighted by Gasteiger charge is -2.36. The van der Waals surface area contributed by atoms with Crippen LogP contribution in [0.5, 0.6) is 11.5 Å². The summed E-state index contributed by atoms with van der Waals surface area (Å²) in [5, 5.41) is 0.353. The highest BCUT2D eigenvalue weighted by atomic mass is 35.5. The van der Waals surface area contributed by atoms with Crippen LogP contribution in [0.15, 0.2) is 33.9 Å². The highest BCUT2D eigenvalue weighted by molar-refractivity contribution is 6.32. The predicted octanol–water partition coefficient (Wildman–Crippen LogP) is 1.15. The molecule has 0 saturated carbocycles. The molecular weight excluding hydrogens is 435 g/mol. The molecule has 2 aliphatic heterocycles. The van der Waals surface area contributed by atoms with Crippen molar-refractivity contribution in [2.45, 2.75) is 24.6 Å². The van der Waals surface area contributed by atoms with Gasteiger partial charge in [0.25, 0.3) is 5.56 Å². The van der Waals surface area contributed by atoms with Crippen molar-refractivity contribution < 1.29 is 32.1 Å². The molecule has 3 atom stereocenters. The summed E-state index contributed by atoms with van der Waals surface area (Å²) in [4.78, 5) is 24.3. The van der Waals surface area contributed by atoms with E-state index in [0.29, 0.717) is 21.1 Å². The third-order valence-corrected chi connectivity index (χ3v) is 4.97. The molecule has 2 aliphatic rings. The summed E-state index contributed by atoms with van der Waals surface area (Å²) >= 11 is 6.10. The number of nitrogen functional groups attached to an aromatic ring is 1. The van der Waals surface area contributed by atoms with Gasteiger partial charge in [0.1, 0.15) is 12.7 Å². The standard InChI is InChI=1S/C17H15ClF3N3O6/c18-8-2-1-3-9-15(8)30-11(6-27-9)10-5-29-14(7-28-10)23-13(25)4-12(17(19,20)21)24(22)16(23)26/h1-4,10-11,14H,5-7,22H2. The highest BCUT2D eigenvalue weighted by Crippen LogP contribution is 2.39. The number of halogens is 4. The lowest BCUT2D eigenvalue weighted by Crippen LogP contribution is -2.52. The summed E-state index contributed by atoms with van der Waals surface area (Å²) in [7, 11) is 0. The molecule has 1 aromatic carbocycles. The van der Waals surface area contributed by atoms with Crippen LogP contribution in [-0.4, -0.2) is 41.3 Å². The van der Waals surface area contributed by atoms with Crippen molar-refractivity contribution in [2.75, 3.05) is 25.7 Å². The first-order valence-electron chi connectivity index (χ1n) is 8.69. The molecule has 0 radical (unpaired) electrons. The number of hydrogen-bond donors (Lipinski definition) is 1. The molecule has 0 aliphatic carbocycles. The molecule has 0 amide bonds. The van der Waals surface area contributed by atoms with Crippen LogP contribution in [0.3, 0.4) is 0 Å². The van der Waals surface area contributed by atoms with Crippen molar-refractivity contribution >= 4 is 11.6 Å². The van der Waals surface area contributed by atoms with Crippen LogP contribution < -0.4 is 26.6 Å². The number of hydrogen-bond acceptors (Lipinski definition) is 7. The largest absolute Gasteiger partial charge is 0.486 e. The van der Waals surface area contributed by atoms with Crippen molar-refractivity contribution in [1.82, 2.24) is 9.24 Å². The Morgan fingerprint density at radius 2 is 1.87 bits per heavy atom. The number of benzene rings is 1. The van der Waals surface area contributed by atoms with Gasteiger partial charge >= 0.3 is 11.9 Å². The normalized spacial score (nSPS) is 23.9. The van der Waals surface area contributed by atoms with Gasteiger partial charge in [0.2, 0.25) is 0 Å². The maximum atomic E-state index is 12.9. The second kappa shape index (κ2) is 7.52. The summed E-state index contributed by atoms with van der Waals surface area (Å²) in [6.07, 6.45) is -7.43. The fourth-order valence-electron chi connectivity index (χ4n) is 3.18. The second-order valence-electron chi connectivity index (χ2n) is 6.58. The molecule has 1 aromatic heterocycles. The minimum Gasteiger partial charge on any atom is -0.486 e. The van der Waals surface area contributed by atoms with Crippen LogP contribution in [-0.2, 0) is 15.7 Å². The number of ether oxygens (including phenoxy) is 4. The summed E-state index contributed by atoms with van der Waals surface area (Å²) in [5.74, 6) is 6.06. The van der Waals surface area contributed by atoms with Gasteiger partial charge in [0, 0.05) is 6.07 Å². The number of nitrogens with zero attached hydrogens (tertiary/aromatic N) is 2. The van der Waals surface area contributed by atoms with E-state index in [9.17, 15) is 22.8 Å². The third-order valence-electron chi connectivity index (χ3n) is 4.67. The molecule has 0 spiro atoms. The van der Waals surface area contributed by atoms with E-state index < -0.39 is 41.6 Å². The molecule has 9 nitrogen and oxygen atoms in total. The number of nitrogens with two attached hydrogens (primary N) is 1. The summed E-state index contributed by atoms with van der Waals surface area (Å²) in [6.45, 7) is -0.266. The average Bonchev–Trinajstić information content (AvgIpc) is 2.71. The van der Waals surface area contributed by atoms with Gasteiger partial charge in [-0.05, 0) is 12.1 Å². The zero-order valence-electron chi connectivity index (χ0n) is 15.1. The molecule has 0 bridgehead atoms. The van der Waals surface area contributed by atoms with Crippen LogP contribution >= 0.6 is 11.6 Å². The third kappa shape index (κ3) is 3.61. The van der Waals surface area contributed by atoms with Crippen molar-refractivity contribution in [2.24, 2.45) is 0 Å². The van der Waals surface area contributed by atoms with Crippen LogP contribution in [0.4, 0.5) is 13.2 Å². The maximum Gasteiger partial charge on any atom is 0.433 e. The van der Waals surface area contributed by atoms with Crippen molar-refractivity contribution in [3.8, 4) is 11.5 Å². The van der Waals surface area contributed by atoms with Crippen molar-refractivity contribution in [1.29, 1.82) is 0 Å². The van der Waals surface area contributed by atoms with Crippen LogP contribution in [0.25, 0.3) is 0 Å². The zero-order valence-corrected chi connectivity index (χ0v) is 15.9. The quantitative estimate of drug-likeness (QED) is 0.685. The number of fused-ring (bicyclic) bond motifs is 1. The Kier molecular flexibility index (Phi) is 5.16. The zero-order chi connectivity index (χ0) is 21.6. The summed E-state index contributed by atoms with van der Waals surface area (Å²) < 4.78 is 61.6. The number of para-hydroxylation sites is 1. The fourth-order valence-corrected chi connectivity index (χ4v) is 3.39. The van der Waals surface area contributed by atoms with Gasteiger partial charge in [-0.3, -0.25) is 4.79 Å². The Morgan fingerprint density at radius 1 is 1.10 bits per heavy atom. The smallest absolute Gasteiger partial charge is 0.433 e. The van der Waals surface area contributed by atoms with Crippen molar-refractivity contribution in [3.05, 3.63) is 55.8 Å². The maximum absolute atomic E-state index is 12.9. The molecule has 4 rings (SSSR count). The molecule has 2 aromatic rings. The minimum absolute atomic E-state index is 0.115. The highest BCUT2D eigenvalue weighted by Gasteiger charge is 2.38. The van der Waals surface area contributed by atoms with E-state index in [-0.39, 0.29) is 30.6 Å². The molecule has 3 heterocycles. The lowest BCUT2D eigenvalue weighted by atomic mass is 10.2. The van der Waals surface area contributed by atoms with E-state index >= 15 is 0 Å². The Morgan fingerprint density at radius 3 is 2.53 bits per heavy atom. The van der Waals surface area contributed by atoms with E-state index in [2.05, 4.69) is 0 Å². The van der Waals surface area contributed by atoms with Gasteiger partial charge in [-0.25, -0.2) is 14.0 Å². The molecular formula is C17H15ClF3N3O6. The number of rotatable bonds is 2. The average molecular weight is 450 g/mol. The Hall–Kier alpha value is -2.70. The Balaban J connectivity index is 1.50. The first-order chi connectivity index (χ1) is 14.2. The SMILES string of the molecule is Nn1c(C(F)(F)F)cc(=O)n(C2COC(C3COc4cccc(Cl)c4O3)CO2)c1=O. The van der Waals surface area contributed by atoms with E-state index in [1.807, 2.05) is 0 Å². The van der Waals surface area contributed by atoms with Crippen LogP contribution in [0.2, 0.25) is 5.02 Å². The fraction of sp³-hybridized carbons (Fsp3) is 0.412. The van der Waals surface area contributed by atoms with Gasteiger partial charge < -0.3 is 24.8 Å². The van der Waals surface area contributed by atoms with E-state index in [4.69, 9.17) is 36.4 Å². The van der Waals surface area contributed by atoms with Gasteiger partial charge in [-0.15, -0.1) is 0 Å². The van der Waals surface area contributed by atoms with Gasteiger partial charge in [0.05, 0.1) is 18.2 Å². The Bertz CT molecular complexity index is 1080. The van der Waals surface area contributed by atoms with Gasteiger partial charge in [-0.1, -0.05) is 17.7 Å². The van der Waals surface area contributed by atoms with Crippen molar-refractivity contribution in [3.63, 3.8) is 0 Å². The molecule has 13 heteroatoms. The molecule has 3 unspecified atom stereocenters. The first-order valence-corrected chi connectivity index (χ1v) is 9.06. The monoisotopic (exact) mass is 449 g/mol.